The van der Waals surface area contributed by atoms with Crippen molar-refractivity contribution in [1.82, 2.24) is 47.8 Å². The molecule has 4 saturated carbocycles. The van der Waals surface area contributed by atoms with Gasteiger partial charge >= 0.3 is 6.36 Å². The Morgan fingerprint density at radius 2 is 0.797 bits per heavy atom. The third kappa shape index (κ3) is 24.2. The molecule has 143 heavy (non-hydrogen) atoms. The number of ether oxygens (including phenoxy) is 1. The predicted molar refractivity (Wildman–Crippen MR) is 530 cm³/mol. The molecular weight excluding hydrogens is 1890 g/mol. The van der Waals surface area contributed by atoms with Gasteiger partial charge in [-0.25, -0.2) is 42.5 Å². The highest BCUT2D eigenvalue weighted by molar-refractivity contribution is 6.31. The minimum Gasteiger partial charge on any atom is -0.406 e. The first kappa shape index (κ1) is 103. The minimum atomic E-state index is -4.78. The van der Waals surface area contributed by atoms with Gasteiger partial charge in [0.2, 0.25) is 59.3 Å². The maximum atomic E-state index is 13.8. The predicted octanol–water partition coefficient (Wildman–Crippen LogP) is 21.4. The zero-order valence-electron chi connectivity index (χ0n) is 79.5. The molecule has 742 valence electrons. The van der Waals surface area contributed by atoms with E-state index in [0.717, 1.165) is 108 Å². The Balaban J connectivity index is 0.000000135. The quantitative estimate of drug-likeness (QED) is 0.0266. The Hall–Kier alpha value is -14.4. The fourth-order valence-corrected chi connectivity index (χ4v) is 18.4. The number of aromatic nitrogens is 10. The van der Waals surface area contributed by atoms with Crippen LogP contribution in [-0.4, -0.2) is 126 Å². The Morgan fingerprint density at radius 3 is 1.20 bits per heavy atom. The average molecular weight is 2000 g/mol. The molecule has 2 atom stereocenters. The maximum absolute atomic E-state index is 13.8. The second kappa shape index (κ2) is 41.3. The second-order valence-electron chi connectivity index (χ2n) is 38.6. The molecule has 0 aliphatic heterocycles. The smallest absolute Gasteiger partial charge is 0.406 e. The summed E-state index contributed by atoms with van der Waals surface area (Å²) in [7, 11) is 0. The number of carbonyl (C=O) groups excluding carboxylic acids is 5. The van der Waals surface area contributed by atoms with Gasteiger partial charge in [0.15, 0.2) is 11.6 Å². The molecule has 4 aliphatic carbocycles. The molecule has 15 aromatic rings. The first-order valence-corrected chi connectivity index (χ1v) is 47.0. The van der Waals surface area contributed by atoms with Crippen LogP contribution in [0.2, 0.25) is 10.0 Å². The Kier molecular flexibility index (Phi) is 29.7. The van der Waals surface area contributed by atoms with Gasteiger partial charge in [0.1, 0.15) is 17.4 Å². The molecule has 5 amide bonds. The highest BCUT2D eigenvalue weighted by Crippen LogP contribution is 2.47. The lowest BCUT2D eigenvalue weighted by molar-refractivity contribution is -0.274. The van der Waals surface area contributed by atoms with Gasteiger partial charge in [-0.15, -0.1) is 13.2 Å². The van der Waals surface area contributed by atoms with Crippen LogP contribution in [0.15, 0.2) is 200 Å². The third-order valence-corrected chi connectivity index (χ3v) is 26.4. The van der Waals surface area contributed by atoms with Gasteiger partial charge in [-0.1, -0.05) is 71.7 Å². The highest BCUT2D eigenvalue weighted by atomic mass is 35.5. The number of nitrogens with zero attached hydrogens (tertiary/aromatic N) is 12. The van der Waals surface area contributed by atoms with Crippen molar-refractivity contribution in [2.75, 3.05) is 26.6 Å². The van der Waals surface area contributed by atoms with Crippen molar-refractivity contribution in [3.05, 3.63) is 272 Å². The summed E-state index contributed by atoms with van der Waals surface area (Å²) < 4.78 is 105. The number of benzene rings is 10. The molecule has 5 aromatic heterocycles. The maximum Gasteiger partial charge on any atom is 0.573 e. The summed E-state index contributed by atoms with van der Waals surface area (Å²) in [5, 5.41) is 85.4. The SMILES string of the molecule is CC1(n2c(NC(=O)C[C@](C)(O)c3ccc(Cl)cc3)nc3ccc(C#N)cc32)CCC1.CC1(n2c(NC(=O)C[C@](C)(O)c3ccccc3Cl)nc3ccc(C#N)cc32)CCC1.Cc1ccc2nc(NC(=O)CC(C)(C)O)n(-c3ccc(F)c(F)c3)c2c1.Cc1ccc2nc(NC(=O)CC3(O)CCC3)n(-c3cc(F)cc(F)c3)c2c1.Cc1ccc2nc(NC(=O)CC3(O)CCC3)n(-c3ccc(OC(F)(F)F)cc3)c2c1. The molecule has 10 N–H and O–H groups in total. The van der Waals surface area contributed by atoms with Gasteiger partial charge in [0.05, 0.1) is 150 Å². The molecule has 0 saturated heterocycles. The number of aliphatic hydroxyl groups is 5. The summed E-state index contributed by atoms with van der Waals surface area (Å²) in [5.74, 6) is -4.19. The van der Waals surface area contributed by atoms with Crippen molar-refractivity contribution in [3.8, 4) is 35.0 Å². The van der Waals surface area contributed by atoms with Crippen LogP contribution in [0, 0.1) is 66.7 Å². The molecule has 0 spiro atoms. The molecule has 19 rings (SSSR count). The van der Waals surface area contributed by atoms with E-state index in [-0.39, 0.29) is 96.1 Å². The average Bonchev–Trinajstić information content (AvgIpc) is 1.60. The number of rotatable bonds is 23. The molecule has 0 bridgehead atoms. The van der Waals surface area contributed by atoms with Crippen LogP contribution in [0.1, 0.15) is 190 Å². The van der Waals surface area contributed by atoms with Crippen LogP contribution in [-0.2, 0) is 46.3 Å². The Labute approximate surface area is 827 Å². The topological polar surface area (TPSA) is 393 Å². The molecule has 4 fully saturated rings. The molecule has 4 aliphatic rings. The summed E-state index contributed by atoms with van der Waals surface area (Å²) >= 11 is 12.1. The van der Waals surface area contributed by atoms with Crippen LogP contribution < -0.4 is 31.3 Å². The number of nitrogens with one attached hydrogen (secondary N) is 5. The minimum absolute atomic E-state index is 0.0341. The second-order valence-corrected chi connectivity index (χ2v) is 39.4. The van der Waals surface area contributed by atoms with Crippen LogP contribution in [0.4, 0.5) is 60.5 Å². The molecular formula is C106H104Cl2F7N17O11. The van der Waals surface area contributed by atoms with Crippen LogP contribution in [0.5, 0.6) is 5.75 Å². The monoisotopic (exact) mass is 1990 g/mol. The van der Waals surface area contributed by atoms with Crippen LogP contribution >= 0.6 is 23.2 Å². The zero-order chi connectivity index (χ0) is 103. The first-order chi connectivity index (χ1) is 67.5. The standard InChI is InChI=1S/2C23H23ClN4O2.C21H20F3N3O3.C20H19F2N3O2.C19H19F2N3O2/c1-22(10-3-11-22)28-19-12-15(14-25)4-9-18(19)26-21(28)27-20(29)13-23(2,30)16-5-7-17(24)8-6-16;1-22(10-5-11-22)28-19-12-15(14-25)8-9-18(19)26-21(28)27-20(29)13-23(2,30)16-6-3-4-7-17(16)24;1-13-3-8-16-17(11-13)27(14-4-6-15(7-5-14)30-21(22,23)24)19(25-16)26-18(28)12-20(29)9-2-10-20;1-12-3-4-16-17(7-12)25(15-9-13(21)8-14(22)10-15)19(23-16)24-18(26)11-20(27)5-2-6-20;1-11-4-7-15-16(8-11)24(12-5-6-13(20)14(21)9-12)18(22-15)23-17(25)10-19(2,3)26/h4-9,12,30H,3,10-11,13H2,1-2H3,(H,26,27,29);3-4,6-9,12,30H,5,10-11,13H2,1-2H3,(H,26,27,29);3-8,11,29H,2,9-10,12H2,1H3,(H,25,26,28);3-4,7-10,27H,2,5-6,11H2,1H3,(H,23,24,26);4-9,26H,10H2,1-3H3,(H,22,23,25)/t2*23-;;;/m00.../s1. The van der Waals surface area contributed by atoms with Crippen molar-refractivity contribution in [2.24, 2.45) is 0 Å². The van der Waals surface area contributed by atoms with Gasteiger partial charge in [0, 0.05) is 44.5 Å². The van der Waals surface area contributed by atoms with Crippen LogP contribution in [0.3, 0.4) is 0 Å². The van der Waals surface area contributed by atoms with E-state index in [1.54, 1.807) is 114 Å². The lowest BCUT2D eigenvalue weighted by Gasteiger charge is -2.41. The summed E-state index contributed by atoms with van der Waals surface area (Å²) in [6.07, 6.45) is 4.93. The Morgan fingerprint density at radius 1 is 0.420 bits per heavy atom. The van der Waals surface area contributed by atoms with Gasteiger partial charge in [0.25, 0.3) is 0 Å². The van der Waals surface area contributed by atoms with Crippen molar-refractivity contribution in [3.63, 3.8) is 0 Å². The molecule has 0 unspecified atom stereocenters. The summed E-state index contributed by atoms with van der Waals surface area (Å²) in [6, 6.07) is 57.2. The van der Waals surface area contributed by atoms with Crippen molar-refractivity contribution < 1.29 is 85.0 Å². The normalized spacial score (nSPS) is 15.5. The highest BCUT2D eigenvalue weighted by Gasteiger charge is 2.43. The number of anilines is 5. The molecule has 5 heterocycles. The number of hydrogen-bond acceptors (Lipinski definition) is 18. The number of imidazole rings is 5. The van der Waals surface area contributed by atoms with E-state index in [0.29, 0.717) is 114 Å². The van der Waals surface area contributed by atoms with E-state index in [1.165, 1.54) is 60.9 Å². The lowest BCUT2D eigenvalue weighted by atomic mass is 9.78. The van der Waals surface area contributed by atoms with E-state index in [9.17, 15) is 90.8 Å². The largest absolute Gasteiger partial charge is 0.573 e. The number of hydrogen-bond donors (Lipinski definition) is 10. The van der Waals surface area contributed by atoms with Gasteiger partial charge in [-0.05, 0) is 301 Å². The first-order valence-electron chi connectivity index (χ1n) is 46.3. The number of halogens is 9. The number of alkyl halides is 3. The van der Waals surface area contributed by atoms with Gasteiger partial charge in [-0.2, -0.15) is 10.5 Å². The van der Waals surface area contributed by atoms with E-state index in [4.69, 9.17) is 23.2 Å². The van der Waals surface area contributed by atoms with E-state index in [2.05, 4.69) is 82.2 Å². The van der Waals surface area contributed by atoms with E-state index < -0.39 is 63.5 Å². The number of fused-ring (bicyclic) bond motifs is 5. The van der Waals surface area contributed by atoms with E-state index >= 15 is 0 Å². The van der Waals surface area contributed by atoms with Crippen molar-refractivity contribution in [1.29, 1.82) is 10.5 Å². The Bertz CT molecular complexity index is 7460. The van der Waals surface area contributed by atoms with E-state index in [1.807, 2.05) is 78.4 Å². The molecule has 37 heteroatoms. The fraction of sp³-hybridized carbons (Fsp3) is 0.321. The van der Waals surface area contributed by atoms with Gasteiger partial charge < -0.3 is 39.4 Å². The van der Waals surface area contributed by atoms with Crippen molar-refractivity contribution in [2.45, 2.75) is 217 Å². The van der Waals surface area contributed by atoms with Crippen molar-refractivity contribution >= 4 is 138 Å². The number of amides is 5. The fourth-order valence-electron chi connectivity index (χ4n) is 17.9. The summed E-state index contributed by atoms with van der Waals surface area (Å²) in [4.78, 5) is 85.3. The number of aryl methyl sites for hydroxylation is 3. The summed E-state index contributed by atoms with van der Waals surface area (Å²) in [6.45, 7) is 16.2. The molecule has 10 aromatic carbocycles. The number of nitriles is 2. The molecule has 28 nitrogen and oxygen atoms in total. The zero-order valence-corrected chi connectivity index (χ0v) is 81.0. The lowest BCUT2D eigenvalue weighted by Crippen LogP contribution is -2.40. The number of carbonyl (C=O) groups is 5. The van der Waals surface area contributed by atoms with Crippen LogP contribution in [0.25, 0.3) is 72.2 Å². The van der Waals surface area contributed by atoms with Gasteiger partial charge in [-0.3, -0.25) is 64.3 Å². The third-order valence-electron chi connectivity index (χ3n) is 25.9. The molecule has 0 radical (unpaired) electrons. The summed E-state index contributed by atoms with van der Waals surface area (Å²) in [5.41, 5.74) is 6.76.